The van der Waals surface area contributed by atoms with Crippen molar-refractivity contribution in [3.05, 3.63) is 23.3 Å². The smallest absolute Gasteiger partial charge is 0.187 e. The van der Waals surface area contributed by atoms with E-state index in [0.717, 1.165) is 24.9 Å². The van der Waals surface area contributed by atoms with E-state index in [9.17, 15) is 9.90 Å². The van der Waals surface area contributed by atoms with Crippen molar-refractivity contribution in [2.75, 3.05) is 20.7 Å². The number of carbonyl (C=O) groups excluding carboxylic acids is 1. The maximum absolute atomic E-state index is 12.9. The average Bonchev–Trinajstić information content (AvgIpc) is 2.90. The van der Waals surface area contributed by atoms with Crippen molar-refractivity contribution in [2.24, 2.45) is 0 Å². The van der Waals surface area contributed by atoms with E-state index in [4.69, 9.17) is 9.47 Å². The SMILES string of the molecule is COc1ccc2c3c1O[C@H]1C(=O)C(Br)C[C@@]4(O)[C@@H](C2)N(C)CC[C@]314. The van der Waals surface area contributed by atoms with E-state index in [1.54, 1.807) is 7.11 Å². The Kier molecular flexibility index (Phi) is 2.87. The average molecular weight is 394 g/mol. The topological polar surface area (TPSA) is 59.0 Å². The summed E-state index contributed by atoms with van der Waals surface area (Å²) in [5.41, 5.74) is 0.571. The van der Waals surface area contributed by atoms with Gasteiger partial charge in [-0.25, -0.2) is 0 Å². The van der Waals surface area contributed by atoms with Crippen molar-refractivity contribution in [1.29, 1.82) is 0 Å². The molecule has 1 aromatic rings. The summed E-state index contributed by atoms with van der Waals surface area (Å²) >= 11 is 3.49. The quantitative estimate of drug-likeness (QED) is 0.731. The zero-order valence-electron chi connectivity index (χ0n) is 13.7. The minimum Gasteiger partial charge on any atom is -0.493 e. The predicted octanol–water partition coefficient (Wildman–Crippen LogP) is 1.42. The summed E-state index contributed by atoms with van der Waals surface area (Å²) in [6, 6.07) is 3.98. The molecular formula is C18H20BrNO4. The normalized spacial score (nSPS) is 42.5. The van der Waals surface area contributed by atoms with Gasteiger partial charge in [-0.3, -0.25) is 4.79 Å². The molecule has 1 unspecified atom stereocenters. The van der Waals surface area contributed by atoms with Gasteiger partial charge in [-0.15, -0.1) is 0 Å². The lowest BCUT2D eigenvalue weighted by Crippen LogP contribution is -2.77. The highest BCUT2D eigenvalue weighted by Crippen LogP contribution is 2.65. The lowest BCUT2D eigenvalue weighted by atomic mass is 9.49. The number of carbonyl (C=O) groups is 1. The van der Waals surface area contributed by atoms with E-state index in [1.807, 2.05) is 6.07 Å². The van der Waals surface area contributed by atoms with Gasteiger partial charge in [-0.05, 0) is 44.5 Å². The standard InChI is InChI=1S/C18H20BrNO4/c1-20-6-5-17-13-9-3-4-11(23-2)15(13)24-16(17)14(21)10(19)8-18(17,22)12(20)7-9/h3-4,10,12,16,22H,5-8H2,1-2H3/t10?,12-,16+,17+,18-/m1/s1. The maximum atomic E-state index is 12.9. The lowest BCUT2D eigenvalue weighted by molar-refractivity contribution is -0.183. The van der Waals surface area contributed by atoms with Crippen molar-refractivity contribution in [3.8, 4) is 11.5 Å². The van der Waals surface area contributed by atoms with Crippen molar-refractivity contribution in [3.63, 3.8) is 0 Å². The van der Waals surface area contributed by atoms with Gasteiger partial charge in [-0.1, -0.05) is 22.0 Å². The number of rotatable bonds is 1. The number of ketones is 1. The summed E-state index contributed by atoms with van der Waals surface area (Å²) in [4.78, 5) is 14.8. The van der Waals surface area contributed by atoms with Crippen molar-refractivity contribution >= 4 is 21.7 Å². The molecule has 1 N–H and O–H groups in total. The molecule has 1 saturated carbocycles. The molecule has 0 aromatic heterocycles. The highest BCUT2D eigenvalue weighted by atomic mass is 79.9. The summed E-state index contributed by atoms with van der Waals surface area (Å²) in [5.74, 6) is 1.35. The van der Waals surface area contributed by atoms with Gasteiger partial charge in [0.25, 0.3) is 0 Å². The third kappa shape index (κ3) is 1.43. The Morgan fingerprint density at radius 2 is 2.25 bits per heavy atom. The second-order valence-electron chi connectivity index (χ2n) is 7.55. The van der Waals surface area contributed by atoms with E-state index in [0.29, 0.717) is 17.9 Å². The highest BCUT2D eigenvalue weighted by molar-refractivity contribution is 9.10. The molecule has 2 heterocycles. The Morgan fingerprint density at radius 1 is 1.46 bits per heavy atom. The Labute approximate surface area is 149 Å². The number of methoxy groups -OCH3 is 1. The van der Waals surface area contributed by atoms with Crippen LogP contribution in [0.5, 0.6) is 11.5 Å². The van der Waals surface area contributed by atoms with Gasteiger partial charge in [0.2, 0.25) is 0 Å². The van der Waals surface area contributed by atoms with E-state index in [2.05, 4.69) is 33.9 Å². The van der Waals surface area contributed by atoms with Crippen LogP contribution < -0.4 is 9.47 Å². The number of halogens is 1. The van der Waals surface area contributed by atoms with Gasteiger partial charge >= 0.3 is 0 Å². The molecule has 4 aliphatic rings. The number of Topliss-reactive ketones (excluding diaryl/α,β-unsaturated/α-hetero) is 1. The van der Waals surface area contributed by atoms with E-state index in [1.165, 1.54) is 5.56 Å². The molecule has 0 amide bonds. The van der Waals surface area contributed by atoms with Gasteiger partial charge in [0, 0.05) is 11.6 Å². The molecule has 0 radical (unpaired) electrons. The largest absolute Gasteiger partial charge is 0.493 e. The molecule has 5 nitrogen and oxygen atoms in total. The molecule has 2 aliphatic heterocycles. The Hall–Kier alpha value is -1.11. The molecule has 2 fully saturated rings. The summed E-state index contributed by atoms with van der Waals surface area (Å²) in [6.45, 7) is 0.850. The Balaban J connectivity index is 1.85. The first-order valence-electron chi connectivity index (χ1n) is 8.41. The molecule has 1 spiro atoms. The number of hydrogen-bond acceptors (Lipinski definition) is 5. The molecule has 5 atom stereocenters. The number of piperidine rings is 1. The number of nitrogens with zero attached hydrogens (tertiary/aromatic N) is 1. The molecule has 1 saturated heterocycles. The fraction of sp³-hybridized carbons (Fsp3) is 0.611. The predicted molar refractivity (Wildman–Crippen MR) is 91.1 cm³/mol. The molecule has 6 heteroatoms. The molecule has 128 valence electrons. The zero-order chi connectivity index (χ0) is 16.9. The number of alkyl halides is 1. The third-order valence-corrected chi connectivity index (χ3v) is 7.52. The second kappa shape index (κ2) is 4.54. The first kappa shape index (κ1) is 15.2. The Bertz CT molecular complexity index is 768. The van der Waals surface area contributed by atoms with E-state index >= 15 is 0 Å². The van der Waals surface area contributed by atoms with Crippen LogP contribution in [0.2, 0.25) is 0 Å². The lowest BCUT2D eigenvalue weighted by Gasteiger charge is -2.62. The minimum absolute atomic E-state index is 0.00246. The first-order chi connectivity index (χ1) is 11.4. The van der Waals surface area contributed by atoms with Gasteiger partial charge < -0.3 is 19.5 Å². The summed E-state index contributed by atoms with van der Waals surface area (Å²) in [6.07, 6.45) is 1.28. The van der Waals surface area contributed by atoms with Crippen LogP contribution in [-0.4, -0.2) is 59.1 Å². The third-order valence-electron chi connectivity index (χ3n) is 6.74. The van der Waals surface area contributed by atoms with Crippen molar-refractivity contribution in [1.82, 2.24) is 4.90 Å². The number of hydrogen-bond donors (Lipinski definition) is 1. The van der Waals surface area contributed by atoms with Gasteiger partial charge in [-0.2, -0.15) is 0 Å². The van der Waals surface area contributed by atoms with Crippen molar-refractivity contribution < 1.29 is 19.4 Å². The van der Waals surface area contributed by atoms with Crippen LogP contribution in [-0.2, 0) is 16.6 Å². The van der Waals surface area contributed by atoms with Crippen LogP contribution in [0, 0.1) is 0 Å². The molecule has 2 bridgehead atoms. The van der Waals surface area contributed by atoms with Gasteiger partial charge in [0.15, 0.2) is 23.4 Å². The van der Waals surface area contributed by atoms with Crippen molar-refractivity contribution in [2.45, 2.75) is 47.3 Å². The number of likely N-dealkylation sites (N-methyl/N-ethyl adjacent to an activating group) is 1. The number of ether oxygens (including phenoxy) is 2. The first-order valence-corrected chi connectivity index (χ1v) is 9.33. The molecular weight excluding hydrogens is 374 g/mol. The van der Waals surface area contributed by atoms with Crippen LogP contribution in [0.3, 0.4) is 0 Å². The van der Waals surface area contributed by atoms with Crippen LogP contribution in [0.15, 0.2) is 12.1 Å². The summed E-state index contributed by atoms with van der Waals surface area (Å²) < 4.78 is 11.7. The second-order valence-corrected chi connectivity index (χ2v) is 8.65. The fourth-order valence-corrected chi connectivity index (χ4v) is 6.40. The molecule has 1 aromatic carbocycles. The number of aliphatic hydroxyl groups is 1. The molecule has 5 rings (SSSR count). The van der Waals surface area contributed by atoms with Gasteiger partial charge in [0.05, 0.1) is 23.0 Å². The van der Waals surface area contributed by atoms with E-state index < -0.39 is 17.1 Å². The fourth-order valence-electron chi connectivity index (χ4n) is 5.67. The monoisotopic (exact) mass is 393 g/mol. The van der Waals surface area contributed by atoms with Crippen LogP contribution in [0.4, 0.5) is 0 Å². The molecule has 24 heavy (non-hydrogen) atoms. The zero-order valence-corrected chi connectivity index (χ0v) is 15.3. The molecule has 2 aliphatic carbocycles. The highest BCUT2D eigenvalue weighted by Gasteiger charge is 2.74. The van der Waals surface area contributed by atoms with E-state index in [-0.39, 0.29) is 16.7 Å². The van der Waals surface area contributed by atoms with Crippen LogP contribution >= 0.6 is 15.9 Å². The van der Waals surface area contributed by atoms with Gasteiger partial charge in [0.1, 0.15) is 0 Å². The summed E-state index contributed by atoms with van der Waals surface area (Å²) in [7, 11) is 3.68. The Morgan fingerprint density at radius 3 is 3.00 bits per heavy atom. The van der Waals surface area contributed by atoms with Crippen LogP contribution in [0.25, 0.3) is 0 Å². The maximum Gasteiger partial charge on any atom is 0.187 e. The van der Waals surface area contributed by atoms with Crippen LogP contribution in [0.1, 0.15) is 24.0 Å². The number of benzene rings is 1. The number of likely N-dealkylation sites (tertiary alicyclic amines) is 1. The minimum atomic E-state index is -0.975. The summed E-state index contributed by atoms with van der Waals surface area (Å²) in [5, 5.41) is 11.9.